The van der Waals surface area contributed by atoms with E-state index in [-0.39, 0.29) is 11.7 Å². The molecule has 1 N–H and O–H groups in total. The molecule has 2 aliphatic rings. The van der Waals surface area contributed by atoms with Crippen LogP contribution in [0.4, 0.5) is 5.00 Å². The van der Waals surface area contributed by atoms with Gasteiger partial charge in [-0.25, -0.2) is 0 Å². The minimum atomic E-state index is -0.0861. The summed E-state index contributed by atoms with van der Waals surface area (Å²) in [7, 11) is 0. The van der Waals surface area contributed by atoms with E-state index in [9.17, 15) is 10.1 Å². The average Bonchev–Trinajstić information content (AvgIpc) is 3.37. The van der Waals surface area contributed by atoms with Gasteiger partial charge in [-0.1, -0.05) is 44.4 Å². The molecule has 0 aromatic carbocycles. The van der Waals surface area contributed by atoms with E-state index < -0.39 is 0 Å². The van der Waals surface area contributed by atoms with Crippen molar-refractivity contribution in [2.45, 2.75) is 89.3 Å². The summed E-state index contributed by atoms with van der Waals surface area (Å²) in [6.45, 7) is 5.15. The Bertz CT molecular complexity index is 968. The van der Waals surface area contributed by atoms with Crippen LogP contribution in [0.2, 0.25) is 0 Å². The van der Waals surface area contributed by atoms with E-state index in [1.807, 2.05) is 0 Å². The monoisotopic (exact) mass is 457 g/mol. The SMILES string of the molecule is CCC1CCc2c(sc(NC(=O)CSc3nnc(C4CCCCC4)n3CC)c2C#N)C1. The second kappa shape index (κ2) is 10.2. The molecule has 1 fully saturated rings. The van der Waals surface area contributed by atoms with E-state index in [4.69, 9.17) is 0 Å². The normalized spacial score (nSPS) is 19.1. The number of nitriles is 1. The van der Waals surface area contributed by atoms with E-state index in [0.717, 1.165) is 47.4 Å². The van der Waals surface area contributed by atoms with Crippen molar-refractivity contribution >= 4 is 34.0 Å². The van der Waals surface area contributed by atoms with Gasteiger partial charge in [-0.2, -0.15) is 5.26 Å². The molecule has 6 nitrogen and oxygen atoms in total. The van der Waals surface area contributed by atoms with Gasteiger partial charge in [0.25, 0.3) is 0 Å². The summed E-state index contributed by atoms with van der Waals surface area (Å²) in [4.78, 5) is 14.0. The molecule has 1 atom stereocenters. The summed E-state index contributed by atoms with van der Waals surface area (Å²) in [5, 5.41) is 23.1. The largest absolute Gasteiger partial charge is 0.316 e. The number of rotatable bonds is 7. The Kier molecular flexibility index (Phi) is 7.34. The van der Waals surface area contributed by atoms with Gasteiger partial charge in [0.1, 0.15) is 16.9 Å². The maximum atomic E-state index is 12.7. The molecule has 0 radical (unpaired) electrons. The first-order chi connectivity index (χ1) is 15.1. The van der Waals surface area contributed by atoms with Crippen LogP contribution in [0.5, 0.6) is 0 Å². The van der Waals surface area contributed by atoms with Gasteiger partial charge in [-0.3, -0.25) is 4.79 Å². The van der Waals surface area contributed by atoms with Gasteiger partial charge in [-0.05, 0) is 50.5 Å². The van der Waals surface area contributed by atoms with Crippen molar-refractivity contribution in [1.82, 2.24) is 14.8 Å². The van der Waals surface area contributed by atoms with E-state index in [2.05, 4.69) is 40.0 Å². The lowest BCUT2D eigenvalue weighted by atomic mass is 9.86. The minimum Gasteiger partial charge on any atom is -0.316 e. The molecule has 0 spiro atoms. The van der Waals surface area contributed by atoms with E-state index in [1.165, 1.54) is 55.2 Å². The van der Waals surface area contributed by atoms with Crippen LogP contribution in [0.25, 0.3) is 0 Å². The maximum Gasteiger partial charge on any atom is 0.235 e. The molecule has 2 aromatic heterocycles. The number of hydrogen-bond donors (Lipinski definition) is 1. The molecule has 166 valence electrons. The van der Waals surface area contributed by atoms with Crippen molar-refractivity contribution in [3.8, 4) is 6.07 Å². The van der Waals surface area contributed by atoms with Gasteiger partial charge in [0, 0.05) is 17.3 Å². The number of amides is 1. The third kappa shape index (κ3) is 4.83. The lowest BCUT2D eigenvalue weighted by Crippen LogP contribution is -2.15. The Balaban J connectivity index is 1.41. The van der Waals surface area contributed by atoms with Crippen LogP contribution in [0.15, 0.2) is 5.16 Å². The van der Waals surface area contributed by atoms with Crippen molar-refractivity contribution in [1.29, 1.82) is 5.26 Å². The van der Waals surface area contributed by atoms with Crippen LogP contribution in [0.3, 0.4) is 0 Å². The fourth-order valence-electron chi connectivity index (χ4n) is 4.87. The summed E-state index contributed by atoms with van der Waals surface area (Å²) in [6.07, 6.45) is 10.5. The summed E-state index contributed by atoms with van der Waals surface area (Å²) in [5.74, 6) is 2.45. The standard InChI is InChI=1S/C23H31N5OS2/c1-3-15-10-11-17-18(13-24)22(31-19(17)12-15)25-20(29)14-30-23-27-26-21(28(23)4-2)16-8-6-5-7-9-16/h15-16H,3-12,14H2,1-2H3,(H,25,29). The van der Waals surface area contributed by atoms with Crippen molar-refractivity contribution < 1.29 is 4.79 Å². The average molecular weight is 458 g/mol. The van der Waals surface area contributed by atoms with E-state index in [0.29, 0.717) is 17.4 Å². The number of thioether (sulfide) groups is 1. The second-order valence-corrected chi connectivity index (χ2v) is 10.6. The molecule has 8 heteroatoms. The number of carbonyl (C=O) groups excluding carboxylic acids is 1. The summed E-state index contributed by atoms with van der Waals surface area (Å²) in [5.41, 5.74) is 1.83. The number of aromatic nitrogens is 3. The molecule has 1 amide bonds. The van der Waals surface area contributed by atoms with Gasteiger partial charge in [-0.15, -0.1) is 21.5 Å². The zero-order chi connectivity index (χ0) is 21.8. The zero-order valence-corrected chi connectivity index (χ0v) is 20.1. The zero-order valence-electron chi connectivity index (χ0n) is 18.4. The number of nitrogens with one attached hydrogen (secondary N) is 1. The number of nitrogens with zero attached hydrogens (tertiary/aromatic N) is 4. The Morgan fingerprint density at radius 1 is 1.26 bits per heavy atom. The molecule has 0 aliphatic heterocycles. The summed E-state index contributed by atoms with van der Waals surface area (Å²) >= 11 is 3.02. The highest BCUT2D eigenvalue weighted by molar-refractivity contribution is 7.99. The van der Waals surface area contributed by atoms with Gasteiger partial charge < -0.3 is 9.88 Å². The highest BCUT2D eigenvalue weighted by Gasteiger charge is 2.26. The molecule has 0 bridgehead atoms. The molecule has 4 rings (SSSR count). The lowest BCUT2D eigenvalue weighted by molar-refractivity contribution is -0.113. The molecule has 2 aromatic rings. The lowest BCUT2D eigenvalue weighted by Gasteiger charge is -2.21. The van der Waals surface area contributed by atoms with Crippen molar-refractivity contribution in [3.63, 3.8) is 0 Å². The molecule has 1 saturated carbocycles. The summed E-state index contributed by atoms with van der Waals surface area (Å²) in [6, 6.07) is 2.34. The first kappa shape index (κ1) is 22.3. The second-order valence-electron chi connectivity index (χ2n) is 8.59. The maximum absolute atomic E-state index is 12.7. The quantitative estimate of drug-likeness (QED) is 0.553. The topological polar surface area (TPSA) is 83.6 Å². The number of fused-ring (bicyclic) bond motifs is 1. The number of anilines is 1. The molecule has 1 unspecified atom stereocenters. The molecular weight excluding hydrogens is 426 g/mol. The first-order valence-corrected chi connectivity index (χ1v) is 13.3. The van der Waals surface area contributed by atoms with Crippen molar-refractivity contribution in [2.24, 2.45) is 5.92 Å². The van der Waals surface area contributed by atoms with E-state index >= 15 is 0 Å². The van der Waals surface area contributed by atoms with Crippen molar-refractivity contribution in [2.75, 3.05) is 11.1 Å². The molecule has 2 aliphatic carbocycles. The van der Waals surface area contributed by atoms with Crippen LogP contribution in [0, 0.1) is 17.2 Å². The first-order valence-electron chi connectivity index (χ1n) is 11.5. The molecule has 2 heterocycles. The Morgan fingerprint density at radius 2 is 2.06 bits per heavy atom. The number of hydrogen-bond acceptors (Lipinski definition) is 6. The highest BCUT2D eigenvalue weighted by atomic mass is 32.2. The summed E-state index contributed by atoms with van der Waals surface area (Å²) < 4.78 is 2.17. The minimum absolute atomic E-state index is 0.0861. The predicted octanol–water partition coefficient (Wildman–Crippen LogP) is 5.52. The Hall–Kier alpha value is -1.85. The molecular formula is C23H31N5OS2. The van der Waals surface area contributed by atoms with Gasteiger partial charge in [0.15, 0.2) is 5.16 Å². The van der Waals surface area contributed by atoms with Crippen LogP contribution in [-0.4, -0.2) is 26.4 Å². The van der Waals surface area contributed by atoms with Gasteiger partial charge >= 0.3 is 0 Å². The third-order valence-electron chi connectivity index (χ3n) is 6.67. The smallest absolute Gasteiger partial charge is 0.235 e. The van der Waals surface area contributed by atoms with Crippen LogP contribution in [-0.2, 0) is 24.2 Å². The molecule has 31 heavy (non-hydrogen) atoms. The fourth-order valence-corrected chi connectivity index (χ4v) is 7.01. The van der Waals surface area contributed by atoms with Gasteiger partial charge in [0.2, 0.25) is 5.91 Å². The van der Waals surface area contributed by atoms with E-state index in [1.54, 1.807) is 11.3 Å². The Labute approximate surface area is 192 Å². The molecule has 0 saturated heterocycles. The van der Waals surface area contributed by atoms with Crippen molar-refractivity contribution in [3.05, 3.63) is 21.8 Å². The van der Waals surface area contributed by atoms with Crippen LogP contribution in [0.1, 0.15) is 86.5 Å². The van der Waals surface area contributed by atoms with Crippen LogP contribution < -0.4 is 5.32 Å². The third-order valence-corrected chi connectivity index (χ3v) is 8.81. The number of carbonyl (C=O) groups is 1. The predicted molar refractivity (Wildman–Crippen MR) is 126 cm³/mol. The Morgan fingerprint density at radius 3 is 2.77 bits per heavy atom. The number of thiophene rings is 1. The van der Waals surface area contributed by atoms with Crippen LogP contribution >= 0.6 is 23.1 Å². The fraction of sp³-hybridized carbons (Fsp3) is 0.652. The highest BCUT2D eigenvalue weighted by Crippen LogP contribution is 2.40. The van der Waals surface area contributed by atoms with Gasteiger partial charge in [0.05, 0.1) is 11.3 Å².